The highest BCUT2D eigenvalue weighted by Gasteiger charge is 2.12. The van der Waals surface area contributed by atoms with Crippen LogP contribution in [0.15, 0.2) is 18.2 Å². The molecular formula is C14H21ClN2O2. The number of hydrogen-bond donors (Lipinski definition) is 1. The van der Waals surface area contributed by atoms with Gasteiger partial charge in [-0.1, -0.05) is 18.5 Å². The van der Waals surface area contributed by atoms with E-state index < -0.39 is 5.97 Å². The van der Waals surface area contributed by atoms with Crippen LogP contribution in [-0.4, -0.2) is 49.7 Å². The maximum Gasteiger partial charge on any atom is 0.335 e. The van der Waals surface area contributed by atoms with Crippen molar-refractivity contribution in [3.05, 3.63) is 28.8 Å². The Morgan fingerprint density at radius 1 is 1.26 bits per heavy atom. The zero-order chi connectivity index (χ0) is 14.4. The maximum absolute atomic E-state index is 10.9. The minimum atomic E-state index is -0.955. The van der Waals surface area contributed by atoms with Crippen LogP contribution in [0.1, 0.15) is 23.7 Å². The molecule has 0 aliphatic rings. The number of carboxylic acid groups (broad SMARTS) is 1. The lowest BCUT2D eigenvalue weighted by molar-refractivity contribution is 0.0697. The highest BCUT2D eigenvalue weighted by Crippen LogP contribution is 2.27. The van der Waals surface area contributed by atoms with Gasteiger partial charge < -0.3 is 14.9 Å². The fourth-order valence-corrected chi connectivity index (χ4v) is 2.14. The smallest absolute Gasteiger partial charge is 0.335 e. The predicted octanol–water partition coefficient (Wildman–Crippen LogP) is 2.82. The second kappa shape index (κ2) is 7.36. The number of carboxylic acids is 1. The minimum absolute atomic E-state index is 0.220. The summed E-state index contributed by atoms with van der Waals surface area (Å²) >= 11 is 6.20. The van der Waals surface area contributed by atoms with E-state index in [9.17, 15) is 4.79 Å². The van der Waals surface area contributed by atoms with Crippen LogP contribution in [0.5, 0.6) is 0 Å². The number of anilines is 1. The van der Waals surface area contributed by atoms with E-state index in [4.69, 9.17) is 16.7 Å². The third kappa shape index (κ3) is 4.73. The van der Waals surface area contributed by atoms with Crippen molar-refractivity contribution < 1.29 is 9.90 Å². The van der Waals surface area contributed by atoms with Gasteiger partial charge in [0.2, 0.25) is 0 Å². The van der Waals surface area contributed by atoms with Crippen molar-refractivity contribution in [1.29, 1.82) is 0 Å². The average Bonchev–Trinajstić information content (AvgIpc) is 2.34. The summed E-state index contributed by atoms with van der Waals surface area (Å²) in [4.78, 5) is 15.2. The first-order valence-electron chi connectivity index (χ1n) is 6.38. The Morgan fingerprint density at radius 2 is 1.95 bits per heavy atom. The van der Waals surface area contributed by atoms with Crippen LogP contribution < -0.4 is 4.90 Å². The van der Waals surface area contributed by atoms with E-state index in [0.29, 0.717) is 5.02 Å². The van der Waals surface area contributed by atoms with Crippen molar-refractivity contribution in [2.45, 2.75) is 13.3 Å². The fourth-order valence-electron chi connectivity index (χ4n) is 1.84. The molecule has 1 N–H and O–H groups in total. The second-order valence-corrected chi connectivity index (χ2v) is 5.17. The molecule has 1 aromatic rings. The highest BCUT2D eigenvalue weighted by atomic mass is 35.5. The fraction of sp³-hybridized carbons (Fsp3) is 0.500. The number of likely N-dealkylation sites (N-methyl/N-ethyl adjacent to an activating group) is 1. The molecule has 1 rings (SSSR count). The molecule has 0 heterocycles. The van der Waals surface area contributed by atoms with Crippen molar-refractivity contribution in [1.82, 2.24) is 4.90 Å². The molecule has 19 heavy (non-hydrogen) atoms. The number of aromatic carboxylic acids is 1. The van der Waals surface area contributed by atoms with Crippen LogP contribution in [0.3, 0.4) is 0 Å². The van der Waals surface area contributed by atoms with Crippen molar-refractivity contribution in [2.75, 3.05) is 38.6 Å². The van der Waals surface area contributed by atoms with E-state index in [1.807, 2.05) is 14.1 Å². The number of rotatable bonds is 7. The van der Waals surface area contributed by atoms with Crippen LogP contribution >= 0.6 is 11.6 Å². The molecule has 0 saturated heterocycles. The number of carbonyl (C=O) groups is 1. The molecule has 106 valence electrons. The van der Waals surface area contributed by atoms with E-state index in [2.05, 4.69) is 16.7 Å². The van der Waals surface area contributed by atoms with Gasteiger partial charge in [-0.05, 0) is 38.7 Å². The zero-order valence-corrected chi connectivity index (χ0v) is 12.4. The van der Waals surface area contributed by atoms with Crippen molar-refractivity contribution in [3.63, 3.8) is 0 Å². The molecule has 0 spiro atoms. The van der Waals surface area contributed by atoms with Gasteiger partial charge in [-0.25, -0.2) is 4.79 Å². The number of halogens is 1. The summed E-state index contributed by atoms with van der Waals surface area (Å²) in [6.07, 6.45) is 1.02. The molecule has 0 aromatic heterocycles. The number of benzene rings is 1. The van der Waals surface area contributed by atoms with Gasteiger partial charge in [0.15, 0.2) is 0 Å². The first kappa shape index (κ1) is 15.8. The van der Waals surface area contributed by atoms with E-state index in [1.54, 1.807) is 12.1 Å². The van der Waals surface area contributed by atoms with Gasteiger partial charge in [-0.2, -0.15) is 0 Å². The molecule has 0 aliphatic carbocycles. The summed E-state index contributed by atoms with van der Waals surface area (Å²) in [5.74, 6) is -0.955. The van der Waals surface area contributed by atoms with Crippen molar-refractivity contribution in [2.24, 2.45) is 0 Å². The van der Waals surface area contributed by atoms with Gasteiger partial charge in [-0.3, -0.25) is 0 Å². The van der Waals surface area contributed by atoms with Gasteiger partial charge in [0.25, 0.3) is 0 Å². The predicted molar refractivity (Wildman–Crippen MR) is 79.5 cm³/mol. The van der Waals surface area contributed by atoms with E-state index in [0.717, 1.165) is 31.7 Å². The molecular weight excluding hydrogens is 264 g/mol. The van der Waals surface area contributed by atoms with Gasteiger partial charge in [0.1, 0.15) is 0 Å². The van der Waals surface area contributed by atoms with Gasteiger partial charge in [-0.15, -0.1) is 0 Å². The first-order chi connectivity index (χ1) is 8.95. The van der Waals surface area contributed by atoms with Crippen molar-refractivity contribution >= 4 is 23.3 Å². The lowest BCUT2D eigenvalue weighted by atomic mass is 10.2. The Morgan fingerprint density at radius 3 is 2.42 bits per heavy atom. The van der Waals surface area contributed by atoms with Gasteiger partial charge in [0, 0.05) is 19.6 Å². The topological polar surface area (TPSA) is 43.8 Å². The summed E-state index contributed by atoms with van der Waals surface area (Å²) in [7, 11) is 4.05. The van der Waals surface area contributed by atoms with Crippen LogP contribution in [0.25, 0.3) is 0 Å². The first-order valence-corrected chi connectivity index (χ1v) is 6.76. The average molecular weight is 285 g/mol. The molecule has 0 aliphatic heterocycles. The monoisotopic (exact) mass is 284 g/mol. The van der Waals surface area contributed by atoms with E-state index in [1.165, 1.54) is 6.07 Å². The van der Waals surface area contributed by atoms with E-state index in [-0.39, 0.29) is 5.56 Å². The molecule has 0 unspecified atom stereocenters. The molecule has 5 heteroatoms. The summed E-state index contributed by atoms with van der Waals surface area (Å²) in [6, 6.07) is 4.90. The van der Waals surface area contributed by atoms with Crippen LogP contribution in [0.4, 0.5) is 5.69 Å². The molecule has 1 aromatic carbocycles. The van der Waals surface area contributed by atoms with E-state index >= 15 is 0 Å². The van der Waals surface area contributed by atoms with Crippen molar-refractivity contribution in [3.8, 4) is 0 Å². The normalized spacial score (nSPS) is 10.8. The lowest BCUT2D eigenvalue weighted by Gasteiger charge is -2.27. The SMILES string of the molecule is CCCN(CCN(C)C)c1ccc(C(=O)O)cc1Cl. The second-order valence-electron chi connectivity index (χ2n) is 4.76. The number of hydrogen-bond acceptors (Lipinski definition) is 3. The molecule has 0 atom stereocenters. The Balaban J connectivity index is 2.92. The molecule has 0 saturated carbocycles. The highest BCUT2D eigenvalue weighted by molar-refractivity contribution is 6.33. The van der Waals surface area contributed by atoms with Gasteiger partial charge in [0.05, 0.1) is 16.3 Å². The van der Waals surface area contributed by atoms with Crippen LogP contribution in [0.2, 0.25) is 5.02 Å². The van der Waals surface area contributed by atoms with Gasteiger partial charge >= 0.3 is 5.97 Å². The molecule has 4 nitrogen and oxygen atoms in total. The van der Waals surface area contributed by atoms with Crippen LogP contribution in [-0.2, 0) is 0 Å². The lowest BCUT2D eigenvalue weighted by Crippen LogP contribution is -2.32. The Kier molecular flexibility index (Phi) is 6.12. The Labute approximate surface area is 119 Å². The zero-order valence-electron chi connectivity index (χ0n) is 11.7. The summed E-state index contributed by atoms with van der Waals surface area (Å²) < 4.78 is 0. The maximum atomic E-state index is 10.9. The largest absolute Gasteiger partial charge is 0.478 e. The third-order valence-corrected chi connectivity index (χ3v) is 3.15. The summed E-state index contributed by atoms with van der Waals surface area (Å²) in [5, 5.41) is 9.43. The summed E-state index contributed by atoms with van der Waals surface area (Å²) in [6.45, 7) is 4.81. The minimum Gasteiger partial charge on any atom is -0.478 e. The molecule has 0 radical (unpaired) electrons. The third-order valence-electron chi connectivity index (χ3n) is 2.85. The quantitative estimate of drug-likeness (QED) is 0.836. The Hall–Kier alpha value is -1.26. The number of nitrogens with zero attached hydrogens (tertiary/aromatic N) is 2. The molecule has 0 fully saturated rings. The van der Waals surface area contributed by atoms with Crippen LogP contribution in [0, 0.1) is 0 Å². The Bertz CT molecular complexity index is 435. The standard InChI is InChI=1S/C14H21ClN2O2/c1-4-7-17(9-8-16(2)3)13-6-5-11(14(18)19)10-12(13)15/h5-6,10H,4,7-9H2,1-3H3,(H,18,19). The molecule has 0 bridgehead atoms. The summed E-state index contributed by atoms with van der Waals surface area (Å²) in [5.41, 5.74) is 1.12. The molecule has 0 amide bonds.